The van der Waals surface area contributed by atoms with Gasteiger partial charge < -0.3 is 10.2 Å². The maximum atomic E-state index is 5.16. The van der Waals surface area contributed by atoms with E-state index in [2.05, 4.69) is 91.9 Å². The number of H-pyrrole nitrogens is 1. The standard InChI is InChI=1S/C29H31N9/c1-4-21-16-30-29(31-17-21)32-23-14-26(24-12-8-9-13-25(24)28-34-36-37-35-28)33-27(15-23)38(18-20(2)3)19-22-10-6-5-7-11-22/h5-17,20H,4,18-19H2,1-3H3,(H,30,31,32,33)(H,34,35,36,37). The molecule has 2 N–H and O–H groups in total. The predicted molar refractivity (Wildman–Crippen MR) is 150 cm³/mol. The van der Waals surface area contributed by atoms with Gasteiger partial charge in [0.05, 0.1) is 5.69 Å². The van der Waals surface area contributed by atoms with Gasteiger partial charge in [-0.1, -0.05) is 75.4 Å². The highest BCUT2D eigenvalue weighted by molar-refractivity contribution is 5.81. The lowest BCUT2D eigenvalue weighted by Crippen LogP contribution is -2.28. The van der Waals surface area contributed by atoms with Crippen LogP contribution in [0.1, 0.15) is 31.9 Å². The molecule has 5 rings (SSSR count). The van der Waals surface area contributed by atoms with Gasteiger partial charge in [-0.25, -0.2) is 20.1 Å². The van der Waals surface area contributed by atoms with Gasteiger partial charge in [0, 0.05) is 48.4 Å². The SMILES string of the molecule is CCc1cnc(Nc2cc(-c3ccccc3-c3nnn[nH]3)nc(N(Cc3ccccc3)CC(C)C)c2)nc1. The second kappa shape index (κ2) is 11.6. The zero-order valence-corrected chi connectivity index (χ0v) is 21.8. The summed E-state index contributed by atoms with van der Waals surface area (Å²) in [5.41, 5.74) is 5.75. The molecule has 192 valence electrons. The Kier molecular flexibility index (Phi) is 7.63. The molecule has 0 amide bonds. The molecule has 0 aliphatic carbocycles. The molecule has 0 aliphatic heterocycles. The van der Waals surface area contributed by atoms with Gasteiger partial charge >= 0.3 is 0 Å². The van der Waals surface area contributed by atoms with E-state index in [1.54, 1.807) is 0 Å². The van der Waals surface area contributed by atoms with Gasteiger partial charge in [0.1, 0.15) is 5.82 Å². The first kappa shape index (κ1) is 25.0. The van der Waals surface area contributed by atoms with Crippen molar-refractivity contribution in [3.63, 3.8) is 0 Å². The van der Waals surface area contributed by atoms with Gasteiger partial charge in [-0.15, -0.1) is 5.10 Å². The fraction of sp³-hybridized carbons (Fsp3) is 0.241. The topological polar surface area (TPSA) is 108 Å². The molecule has 0 radical (unpaired) electrons. The van der Waals surface area contributed by atoms with Crippen molar-refractivity contribution in [2.75, 3.05) is 16.8 Å². The Bertz CT molecular complexity index is 1450. The Morgan fingerprint density at radius 2 is 1.63 bits per heavy atom. The van der Waals surface area contributed by atoms with E-state index in [1.807, 2.05) is 48.8 Å². The van der Waals surface area contributed by atoms with E-state index < -0.39 is 0 Å². The minimum atomic E-state index is 0.443. The van der Waals surface area contributed by atoms with Crippen LogP contribution in [0, 0.1) is 5.92 Å². The predicted octanol–water partition coefficient (Wildman–Crippen LogP) is 5.69. The first-order valence-electron chi connectivity index (χ1n) is 12.8. The van der Waals surface area contributed by atoms with Crippen molar-refractivity contribution in [1.82, 2.24) is 35.6 Å². The number of rotatable bonds is 10. The quantitative estimate of drug-likeness (QED) is 0.249. The molecule has 0 aliphatic rings. The molecule has 0 saturated carbocycles. The summed E-state index contributed by atoms with van der Waals surface area (Å²) in [4.78, 5) is 16.5. The number of nitrogens with one attached hydrogen (secondary N) is 2. The Morgan fingerprint density at radius 1 is 0.895 bits per heavy atom. The van der Waals surface area contributed by atoms with E-state index in [4.69, 9.17) is 4.98 Å². The maximum Gasteiger partial charge on any atom is 0.227 e. The molecule has 0 atom stereocenters. The largest absolute Gasteiger partial charge is 0.352 e. The first-order chi connectivity index (χ1) is 18.6. The molecule has 38 heavy (non-hydrogen) atoms. The first-order valence-corrected chi connectivity index (χ1v) is 12.8. The van der Waals surface area contributed by atoms with E-state index in [0.717, 1.165) is 53.4 Å². The Hall–Kier alpha value is -4.66. The second-order valence-electron chi connectivity index (χ2n) is 9.55. The third-order valence-electron chi connectivity index (χ3n) is 6.11. The Labute approximate surface area is 222 Å². The Balaban J connectivity index is 1.60. The summed E-state index contributed by atoms with van der Waals surface area (Å²) >= 11 is 0. The minimum absolute atomic E-state index is 0.443. The van der Waals surface area contributed by atoms with E-state index in [9.17, 15) is 0 Å². The summed E-state index contributed by atoms with van der Waals surface area (Å²) in [7, 11) is 0. The van der Waals surface area contributed by atoms with Crippen molar-refractivity contribution >= 4 is 17.5 Å². The summed E-state index contributed by atoms with van der Waals surface area (Å²) in [5.74, 6) is 2.43. The molecular weight excluding hydrogens is 474 g/mol. The molecule has 5 aromatic rings. The number of nitrogens with zero attached hydrogens (tertiary/aromatic N) is 7. The lowest BCUT2D eigenvalue weighted by atomic mass is 10.0. The summed E-state index contributed by atoms with van der Waals surface area (Å²) in [6, 6.07) is 22.5. The van der Waals surface area contributed by atoms with Crippen LogP contribution in [0.25, 0.3) is 22.6 Å². The van der Waals surface area contributed by atoms with Crippen LogP contribution >= 0.6 is 0 Å². The van der Waals surface area contributed by atoms with Gasteiger partial charge in [-0.2, -0.15) is 0 Å². The molecule has 9 heteroatoms. The average Bonchev–Trinajstić information content (AvgIpc) is 3.48. The van der Waals surface area contributed by atoms with Gasteiger partial charge in [-0.05, 0) is 40.0 Å². The van der Waals surface area contributed by atoms with Gasteiger partial charge in [0.15, 0.2) is 5.82 Å². The van der Waals surface area contributed by atoms with Gasteiger partial charge in [0.25, 0.3) is 0 Å². The number of hydrogen-bond acceptors (Lipinski definition) is 8. The van der Waals surface area contributed by atoms with Crippen molar-refractivity contribution in [3.05, 3.63) is 90.3 Å². The number of pyridine rings is 1. The number of tetrazole rings is 1. The van der Waals surface area contributed by atoms with Crippen LogP contribution in [0.15, 0.2) is 79.1 Å². The van der Waals surface area contributed by atoms with Crippen LogP contribution in [0.4, 0.5) is 17.5 Å². The monoisotopic (exact) mass is 505 g/mol. The zero-order valence-electron chi connectivity index (χ0n) is 21.8. The molecule has 9 nitrogen and oxygen atoms in total. The number of aryl methyl sites for hydroxylation is 1. The van der Waals surface area contributed by atoms with Crippen LogP contribution < -0.4 is 10.2 Å². The maximum absolute atomic E-state index is 5.16. The fourth-order valence-corrected chi connectivity index (χ4v) is 4.29. The van der Waals surface area contributed by atoms with Crippen molar-refractivity contribution in [2.24, 2.45) is 5.92 Å². The third kappa shape index (κ3) is 6.00. The average molecular weight is 506 g/mol. The molecule has 0 saturated heterocycles. The Morgan fingerprint density at radius 3 is 2.32 bits per heavy atom. The molecule has 2 aromatic carbocycles. The zero-order chi connectivity index (χ0) is 26.3. The molecule has 0 fully saturated rings. The number of aromatic nitrogens is 7. The summed E-state index contributed by atoms with van der Waals surface area (Å²) in [6.45, 7) is 8.11. The van der Waals surface area contributed by atoms with Crippen LogP contribution in [0.3, 0.4) is 0 Å². The summed E-state index contributed by atoms with van der Waals surface area (Å²) in [5, 5.41) is 18.0. The van der Waals surface area contributed by atoms with Crippen LogP contribution in [0.5, 0.6) is 0 Å². The molecule has 0 bridgehead atoms. The highest BCUT2D eigenvalue weighted by Crippen LogP contribution is 2.33. The lowest BCUT2D eigenvalue weighted by Gasteiger charge is -2.27. The van der Waals surface area contributed by atoms with E-state index in [0.29, 0.717) is 17.7 Å². The molecule has 3 heterocycles. The van der Waals surface area contributed by atoms with E-state index >= 15 is 0 Å². The van der Waals surface area contributed by atoms with Gasteiger partial charge in [-0.3, -0.25) is 0 Å². The molecule has 3 aromatic heterocycles. The highest BCUT2D eigenvalue weighted by Gasteiger charge is 2.17. The second-order valence-corrected chi connectivity index (χ2v) is 9.55. The highest BCUT2D eigenvalue weighted by atomic mass is 15.5. The smallest absolute Gasteiger partial charge is 0.227 e. The number of aromatic amines is 1. The molecule has 0 unspecified atom stereocenters. The third-order valence-corrected chi connectivity index (χ3v) is 6.11. The van der Waals surface area contributed by atoms with Gasteiger partial charge in [0.2, 0.25) is 5.95 Å². The minimum Gasteiger partial charge on any atom is -0.352 e. The van der Waals surface area contributed by atoms with Crippen molar-refractivity contribution in [1.29, 1.82) is 0 Å². The normalized spacial score (nSPS) is 11.1. The van der Waals surface area contributed by atoms with Crippen LogP contribution in [0.2, 0.25) is 0 Å². The molecule has 0 spiro atoms. The summed E-state index contributed by atoms with van der Waals surface area (Å²) < 4.78 is 0. The number of hydrogen-bond donors (Lipinski definition) is 2. The van der Waals surface area contributed by atoms with Crippen LogP contribution in [-0.2, 0) is 13.0 Å². The van der Waals surface area contributed by atoms with Crippen LogP contribution in [-0.4, -0.2) is 42.1 Å². The number of anilines is 3. The van der Waals surface area contributed by atoms with E-state index in [-0.39, 0.29) is 0 Å². The summed E-state index contributed by atoms with van der Waals surface area (Å²) in [6.07, 6.45) is 4.59. The van der Waals surface area contributed by atoms with E-state index in [1.165, 1.54) is 5.56 Å². The van der Waals surface area contributed by atoms with Crippen molar-refractivity contribution < 1.29 is 0 Å². The fourth-order valence-electron chi connectivity index (χ4n) is 4.29. The van der Waals surface area contributed by atoms with Crippen molar-refractivity contribution in [2.45, 2.75) is 33.7 Å². The number of benzene rings is 2. The molecular formula is C29H31N9. The van der Waals surface area contributed by atoms with Crippen molar-refractivity contribution in [3.8, 4) is 22.6 Å². The lowest BCUT2D eigenvalue weighted by molar-refractivity contribution is 0.605.